The molecule has 6 heteroatoms. The Morgan fingerprint density at radius 1 is 1.23 bits per heavy atom. The summed E-state index contributed by atoms with van der Waals surface area (Å²) in [5.74, 6) is 0.0374. The monoisotopic (exact) mass is 324 g/mol. The van der Waals surface area contributed by atoms with Gasteiger partial charge in [0.05, 0.1) is 13.2 Å². The van der Waals surface area contributed by atoms with Crippen molar-refractivity contribution in [3.8, 4) is 0 Å². The largest absolute Gasteiger partial charge is 0.378 e. The number of ether oxygens (including phenoxy) is 1. The van der Waals surface area contributed by atoms with E-state index in [0.717, 1.165) is 5.56 Å². The molecular formula is C16H21ClN2O3. The molecule has 5 nitrogen and oxygen atoms in total. The van der Waals surface area contributed by atoms with E-state index in [9.17, 15) is 9.59 Å². The van der Waals surface area contributed by atoms with E-state index < -0.39 is 0 Å². The molecular weight excluding hydrogens is 304 g/mol. The van der Waals surface area contributed by atoms with Crippen LogP contribution in [-0.2, 0) is 20.9 Å². The highest BCUT2D eigenvalue weighted by Crippen LogP contribution is 2.12. The smallest absolute Gasteiger partial charge is 0.224 e. The van der Waals surface area contributed by atoms with Crippen molar-refractivity contribution in [3.63, 3.8) is 0 Å². The van der Waals surface area contributed by atoms with E-state index in [0.29, 0.717) is 50.8 Å². The third-order valence-electron chi connectivity index (χ3n) is 3.69. The zero-order valence-corrected chi connectivity index (χ0v) is 13.5. The molecule has 0 N–H and O–H groups in total. The molecule has 1 fully saturated rings. The van der Waals surface area contributed by atoms with Crippen molar-refractivity contribution in [2.75, 3.05) is 32.8 Å². The Labute approximate surface area is 135 Å². The molecule has 0 aliphatic carbocycles. The summed E-state index contributed by atoms with van der Waals surface area (Å²) >= 11 is 5.86. The van der Waals surface area contributed by atoms with Gasteiger partial charge >= 0.3 is 0 Å². The molecule has 1 aromatic carbocycles. The maximum absolute atomic E-state index is 12.1. The van der Waals surface area contributed by atoms with E-state index in [1.165, 1.54) is 6.92 Å². The third-order valence-corrected chi connectivity index (χ3v) is 3.94. The minimum absolute atomic E-state index is 0.0373. The van der Waals surface area contributed by atoms with Crippen LogP contribution in [-0.4, -0.2) is 54.5 Å². The van der Waals surface area contributed by atoms with Crippen molar-refractivity contribution in [2.24, 2.45) is 0 Å². The Morgan fingerprint density at radius 2 is 1.86 bits per heavy atom. The van der Waals surface area contributed by atoms with Gasteiger partial charge in [-0.2, -0.15) is 0 Å². The van der Waals surface area contributed by atoms with Crippen molar-refractivity contribution < 1.29 is 14.3 Å². The summed E-state index contributed by atoms with van der Waals surface area (Å²) in [5.41, 5.74) is 0.999. The van der Waals surface area contributed by atoms with E-state index in [-0.39, 0.29) is 11.8 Å². The highest BCUT2D eigenvalue weighted by Gasteiger charge is 2.18. The number of carbonyl (C=O) groups is 2. The fourth-order valence-corrected chi connectivity index (χ4v) is 2.49. The van der Waals surface area contributed by atoms with E-state index in [1.54, 1.807) is 21.9 Å². The number of nitrogens with zero attached hydrogens (tertiary/aromatic N) is 2. The lowest BCUT2D eigenvalue weighted by Gasteiger charge is -2.28. The average molecular weight is 325 g/mol. The highest BCUT2D eigenvalue weighted by molar-refractivity contribution is 6.30. The van der Waals surface area contributed by atoms with E-state index in [4.69, 9.17) is 16.3 Å². The lowest BCUT2D eigenvalue weighted by atomic mass is 10.2. The Balaban J connectivity index is 1.87. The fourth-order valence-electron chi connectivity index (χ4n) is 2.36. The lowest BCUT2D eigenvalue weighted by molar-refractivity contribution is -0.136. The number of halogens is 1. The first-order valence-electron chi connectivity index (χ1n) is 7.42. The maximum atomic E-state index is 12.1. The first-order chi connectivity index (χ1) is 10.6. The Kier molecular flexibility index (Phi) is 6.21. The van der Waals surface area contributed by atoms with Gasteiger partial charge in [0.1, 0.15) is 0 Å². The number of carbonyl (C=O) groups excluding carboxylic acids is 2. The molecule has 1 heterocycles. The van der Waals surface area contributed by atoms with Gasteiger partial charge in [0.25, 0.3) is 0 Å². The molecule has 2 rings (SSSR count). The van der Waals surface area contributed by atoms with Gasteiger partial charge in [0, 0.05) is 44.5 Å². The summed E-state index contributed by atoms with van der Waals surface area (Å²) in [7, 11) is 0. The van der Waals surface area contributed by atoms with E-state index in [1.807, 2.05) is 12.1 Å². The van der Waals surface area contributed by atoms with Crippen LogP contribution in [0, 0.1) is 0 Å². The molecule has 0 aromatic heterocycles. The molecule has 1 saturated heterocycles. The number of hydrogen-bond donors (Lipinski definition) is 0. The minimum Gasteiger partial charge on any atom is -0.378 e. The van der Waals surface area contributed by atoms with Crippen molar-refractivity contribution in [1.82, 2.24) is 9.80 Å². The van der Waals surface area contributed by atoms with Gasteiger partial charge in [0.2, 0.25) is 11.8 Å². The molecule has 1 aliphatic heterocycles. The van der Waals surface area contributed by atoms with Crippen LogP contribution in [0.4, 0.5) is 0 Å². The predicted molar refractivity (Wildman–Crippen MR) is 84.6 cm³/mol. The number of benzene rings is 1. The van der Waals surface area contributed by atoms with Crippen molar-refractivity contribution >= 4 is 23.4 Å². The van der Waals surface area contributed by atoms with Crippen molar-refractivity contribution in [3.05, 3.63) is 34.9 Å². The molecule has 0 bridgehead atoms. The molecule has 1 aliphatic rings. The van der Waals surface area contributed by atoms with Crippen LogP contribution in [0.1, 0.15) is 18.9 Å². The lowest BCUT2D eigenvalue weighted by Crippen LogP contribution is -2.42. The van der Waals surface area contributed by atoms with Crippen LogP contribution in [0.2, 0.25) is 5.02 Å². The third kappa shape index (κ3) is 5.00. The minimum atomic E-state index is -0.0373. The Hall–Kier alpha value is -1.59. The van der Waals surface area contributed by atoms with E-state index in [2.05, 4.69) is 0 Å². The van der Waals surface area contributed by atoms with Gasteiger partial charge < -0.3 is 14.5 Å². The van der Waals surface area contributed by atoms with Crippen molar-refractivity contribution in [1.29, 1.82) is 0 Å². The van der Waals surface area contributed by atoms with Gasteiger partial charge in [0.15, 0.2) is 0 Å². The number of morpholine rings is 1. The quantitative estimate of drug-likeness (QED) is 0.831. The SMILES string of the molecule is CC(=O)N(CCC(=O)N1CCOCC1)Cc1ccc(Cl)cc1. The zero-order chi connectivity index (χ0) is 15.9. The van der Waals surface area contributed by atoms with Crippen LogP contribution in [0.5, 0.6) is 0 Å². The second kappa shape index (κ2) is 8.15. The average Bonchev–Trinajstić information content (AvgIpc) is 2.53. The van der Waals surface area contributed by atoms with Crippen molar-refractivity contribution in [2.45, 2.75) is 19.9 Å². The Morgan fingerprint density at radius 3 is 2.45 bits per heavy atom. The number of amides is 2. The molecule has 0 spiro atoms. The van der Waals surface area contributed by atoms with E-state index >= 15 is 0 Å². The number of rotatable bonds is 5. The van der Waals surface area contributed by atoms with Crippen LogP contribution in [0.25, 0.3) is 0 Å². The summed E-state index contributed by atoms with van der Waals surface area (Å²) in [5, 5.41) is 0.667. The molecule has 22 heavy (non-hydrogen) atoms. The van der Waals surface area contributed by atoms with Crippen LogP contribution in [0.15, 0.2) is 24.3 Å². The molecule has 120 valence electrons. The first kappa shape index (κ1) is 16.8. The van der Waals surface area contributed by atoms with Gasteiger partial charge in [-0.25, -0.2) is 0 Å². The molecule has 2 amide bonds. The molecule has 0 unspecified atom stereocenters. The number of hydrogen-bond acceptors (Lipinski definition) is 3. The second-order valence-corrected chi connectivity index (χ2v) is 5.75. The van der Waals surface area contributed by atoms with Gasteiger partial charge in [-0.15, -0.1) is 0 Å². The summed E-state index contributed by atoms with van der Waals surface area (Å²) in [4.78, 5) is 27.4. The zero-order valence-electron chi connectivity index (χ0n) is 12.8. The molecule has 0 atom stereocenters. The van der Waals surface area contributed by atoms with Gasteiger partial charge in [-0.1, -0.05) is 23.7 Å². The molecule has 1 aromatic rings. The van der Waals surface area contributed by atoms with Gasteiger partial charge in [-0.3, -0.25) is 9.59 Å². The predicted octanol–water partition coefficient (Wildman–Crippen LogP) is 1.94. The summed E-state index contributed by atoms with van der Waals surface area (Å²) in [6.07, 6.45) is 0.340. The second-order valence-electron chi connectivity index (χ2n) is 5.31. The fraction of sp³-hybridized carbons (Fsp3) is 0.500. The molecule has 0 radical (unpaired) electrons. The van der Waals surface area contributed by atoms with Crippen LogP contribution < -0.4 is 0 Å². The van der Waals surface area contributed by atoms with Crippen LogP contribution in [0.3, 0.4) is 0 Å². The highest BCUT2D eigenvalue weighted by atomic mass is 35.5. The first-order valence-corrected chi connectivity index (χ1v) is 7.79. The summed E-state index contributed by atoms with van der Waals surface area (Å²) in [6, 6.07) is 7.38. The molecule has 0 saturated carbocycles. The summed E-state index contributed by atoms with van der Waals surface area (Å²) in [6.45, 7) is 4.89. The van der Waals surface area contributed by atoms with Gasteiger partial charge in [-0.05, 0) is 17.7 Å². The topological polar surface area (TPSA) is 49.9 Å². The Bertz CT molecular complexity index is 513. The summed E-state index contributed by atoms with van der Waals surface area (Å²) < 4.78 is 5.23. The standard InChI is InChI=1S/C16H21ClN2O3/c1-13(20)19(12-14-2-4-15(17)5-3-14)7-6-16(21)18-8-10-22-11-9-18/h2-5H,6-12H2,1H3. The van der Waals surface area contributed by atoms with Crippen LogP contribution >= 0.6 is 11.6 Å². The maximum Gasteiger partial charge on any atom is 0.224 e. The normalized spacial score (nSPS) is 14.7.